The molecule has 1 aliphatic heterocycles. The van der Waals surface area contributed by atoms with Crippen molar-refractivity contribution in [2.24, 2.45) is 0 Å². The molecule has 1 fully saturated rings. The van der Waals surface area contributed by atoms with Crippen LogP contribution in [0.3, 0.4) is 0 Å². The lowest BCUT2D eigenvalue weighted by Crippen LogP contribution is -2.52. The predicted octanol–water partition coefficient (Wildman–Crippen LogP) is 2.32. The van der Waals surface area contributed by atoms with Crippen LogP contribution < -0.4 is 4.74 Å². The van der Waals surface area contributed by atoms with Crippen LogP contribution in [0.15, 0.2) is 53.4 Å². The average molecular weight is 470 g/mol. The van der Waals surface area contributed by atoms with E-state index in [9.17, 15) is 17.6 Å². The molecular weight excluding hydrogens is 445 g/mol. The van der Waals surface area contributed by atoms with Gasteiger partial charge in [-0.15, -0.1) is 0 Å². The molecule has 1 heterocycles. The minimum Gasteiger partial charge on any atom is -0.492 e. The third-order valence-corrected chi connectivity index (χ3v) is 7.17. The number of carbonyl (C=O) groups excluding carboxylic acids is 1. The lowest BCUT2D eigenvalue weighted by Gasteiger charge is -2.34. The number of nitrogens with zero attached hydrogens (tertiary/aromatic N) is 3. The van der Waals surface area contributed by atoms with Crippen molar-refractivity contribution in [2.45, 2.75) is 4.90 Å². The highest BCUT2D eigenvalue weighted by Gasteiger charge is 2.30. The summed E-state index contributed by atoms with van der Waals surface area (Å²) in [5.74, 6) is 0.160. The summed E-state index contributed by atoms with van der Waals surface area (Å²) in [5, 5.41) is 0.639. The second-order valence-electron chi connectivity index (χ2n) is 7.28. The lowest BCUT2D eigenvalue weighted by molar-refractivity contribution is -0.133. The van der Waals surface area contributed by atoms with Crippen molar-refractivity contribution in [1.82, 2.24) is 14.1 Å². The van der Waals surface area contributed by atoms with Gasteiger partial charge in [0.25, 0.3) is 0 Å². The van der Waals surface area contributed by atoms with Crippen LogP contribution in [-0.4, -0.2) is 81.4 Å². The molecular formula is C21H25ClFN3O4S. The van der Waals surface area contributed by atoms with Gasteiger partial charge in [0.15, 0.2) is 0 Å². The van der Waals surface area contributed by atoms with Gasteiger partial charge in [0, 0.05) is 37.7 Å². The summed E-state index contributed by atoms with van der Waals surface area (Å²) >= 11 is 5.84. The van der Waals surface area contributed by atoms with Gasteiger partial charge in [0.05, 0.1) is 11.4 Å². The first-order chi connectivity index (χ1) is 14.8. The molecule has 0 radical (unpaired) electrons. The first kappa shape index (κ1) is 23.5. The number of hydrogen-bond donors (Lipinski definition) is 0. The molecule has 10 heteroatoms. The number of halogens is 2. The van der Waals surface area contributed by atoms with Crippen molar-refractivity contribution in [3.05, 3.63) is 59.4 Å². The quantitative estimate of drug-likeness (QED) is 0.593. The average Bonchev–Trinajstić information content (AvgIpc) is 2.75. The van der Waals surface area contributed by atoms with Crippen LogP contribution in [0.1, 0.15) is 0 Å². The van der Waals surface area contributed by atoms with Crippen molar-refractivity contribution in [3.63, 3.8) is 0 Å². The largest absolute Gasteiger partial charge is 0.492 e. The highest BCUT2D eigenvalue weighted by Crippen LogP contribution is 2.18. The highest BCUT2D eigenvalue weighted by atomic mass is 35.5. The smallest absolute Gasteiger partial charge is 0.243 e. The first-order valence-electron chi connectivity index (χ1n) is 9.86. The fraction of sp³-hybridized carbons (Fsp3) is 0.381. The van der Waals surface area contributed by atoms with E-state index >= 15 is 0 Å². The molecule has 0 N–H and O–H groups in total. The normalized spacial score (nSPS) is 15.3. The molecule has 7 nitrogen and oxygen atoms in total. The molecule has 1 aliphatic rings. The summed E-state index contributed by atoms with van der Waals surface area (Å²) in [5.41, 5.74) is 0. The fourth-order valence-electron chi connectivity index (χ4n) is 3.19. The summed E-state index contributed by atoms with van der Waals surface area (Å²) in [6.45, 7) is 2.24. The zero-order valence-electron chi connectivity index (χ0n) is 17.2. The maximum absolute atomic E-state index is 13.1. The number of ether oxygens (including phenoxy) is 1. The molecule has 0 aromatic heterocycles. The molecule has 0 bridgehead atoms. The number of sulfonamides is 1. The minimum absolute atomic E-state index is 0.0501. The van der Waals surface area contributed by atoms with Crippen molar-refractivity contribution in [1.29, 1.82) is 0 Å². The topological polar surface area (TPSA) is 70.2 Å². The molecule has 1 saturated heterocycles. The predicted molar refractivity (Wildman–Crippen MR) is 116 cm³/mol. The van der Waals surface area contributed by atoms with Crippen molar-refractivity contribution in [3.8, 4) is 5.75 Å². The summed E-state index contributed by atoms with van der Waals surface area (Å²) in [4.78, 5) is 16.1. The van der Waals surface area contributed by atoms with E-state index in [2.05, 4.69) is 0 Å². The van der Waals surface area contributed by atoms with Gasteiger partial charge in [-0.3, -0.25) is 9.69 Å². The van der Waals surface area contributed by atoms with Gasteiger partial charge in [-0.25, -0.2) is 12.8 Å². The third-order valence-electron chi connectivity index (χ3n) is 5.00. The van der Waals surface area contributed by atoms with Crippen LogP contribution in [-0.2, 0) is 14.8 Å². The molecule has 2 aromatic carbocycles. The zero-order chi connectivity index (χ0) is 22.4. The Morgan fingerprint density at radius 3 is 2.29 bits per heavy atom. The SMILES string of the molecule is CN(CCOc1ccc(Cl)cc1)CC(=O)N1CCN(S(=O)(=O)c2ccc(F)cc2)CC1. The van der Waals surface area contributed by atoms with Crippen molar-refractivity contribution >= 4 is 27.5 Å². The van der Waals surface area contributed by atoms with Crippen LogP contribution in [0, 0.1) is 5.82 Å². The molecule has 0 unspecified atom stereocenters. The Balaban J connectivity index is 1.43. The van der Waals surface area contributed by atoms with Crippen LogP contribution in [0.25, 0.3) is 0 Å². The van der Waals surface area contributed by atoms with E-state index in [1.54, 1.807) is 29.2 Å². The van der Waals surface area contributed by atoms with E-state index in [1.165, 1.54) is 16.4 Å². The Bertz CT molecular complexity index is 979. The molecule has 1 amide bonds. The number of rotatable bonds is 8. The van der Waals surface area contributed by atoms with E-state index in [-0.39, 0.29) is 30.4 Å². The summed E-state index contributed by atoms with van der Waals surface area (Å²) in [7, 11) is -1.87. The maximum Gasteiger partial charge on any atom is 0.243 e. The van der Waals surface area contributed by atoms with Gasteiger partial charge >= 0.3 is 0 Å². The number of piperazine rings is 1. The summed E-state index contributed by atoms with van der Waals surface area (Å²) in [6, 6.07) is 11.8. The Morgan fingerprint density at radius 1 is 1.06 bits per heavy atom. The van der Waals surface area contributed by atoms with Crippen LogP contribution in [0.4, 0.5) is 4.39 Å². The minimum atomic E-state index is -3.70. The van der Waals surface area contributed by atoms with E-state index in [4.69, 9.17) is 16.3 Å². The fourth-order valence-corrected chi connectivity index (χ4v) is 4.74. The summed E-state index contributed by atoms with van der Waals surface area (Å²) < 4.78 is 45.4. The standard InChI is InChI=1S/C21H25ClFN3O4S/c1-24(14-15-30-19-6-2-17(22)3-7-19)16-21(27)25-10-12-26(13-11-25)31(28,29)20-8-4-18(23)5-9-20/h2-9H,10-16H2,1H3. The van der Waals surface area contributed by atoms with Gasteiger partial charge in [-0.2, -0.15) is 4.31 Å². The monoisotopic (exact) mass is 469 g/mol. The molecule has 168 valence electrons. The number of hydrogen-bond acceptors (Lipinski definition) is 5. The zero-order valence-corrected chi connectivity index (χ0v) is 18.8. The Kier molecular flexibility index (Phi) is 7.88. The second-order valence-corrected chi connectivity index (χ2v) is 9.65. The van der Waals surface area contributed by atoms with Crippen molar-refractivity contribution in [2.75, 3.05) is 52.9 Å². The third kappa shape index (κ3) is 6.39. The van der Waals surface area contributed by atoms with Crippen LogP contribution >= 0.6 is 11.6 Å². The number of likely N-dealkylation sites (N-methyl/N-ethyl adjacent to an activating group) is 1. The van der Waals surface area contributed by atoms with E-state index in [0.29, 0.717) is 37.0 Å². The van der Waals surface area contributed by atoms with E-state index < -0.39 is 15.8 Å². The molecule has 31 heavy (non-hydrogen) atoms. The molecule has 0 aliphatic carbocycles. The number of carbonyl (C=O) groups is 1. The maximum atomic E-state index is 13.1. The number of benzene rings is 2. The lowest BCUT2D eigenvalue weighted by atomic mass is 10.3. The molecule has 3 rings (SSSR count). The van der Waals surface area contributed by atoms with E-state index in [0.717, 1.165) is 12.1 Å². The van der Waals surface area contributed by atoms with Gasteiger partial charge in [-0.05, 0) is 55.6 Å². The van der Waals surface area contributed by atoms with Gasteiger partial charge in [0.2, 0.25) is 15.9 Å². The molecule has 0 atom stereocenters. The Labute approximate surface area is 187 Å². The first-order valence-corrected chi connectivity index (χ1v) is 11.7. The van der Waals surface area contributed by atoms with E-state index in [1.807, 2.05) is 11.9 Å². The highest BCUT2D eigenvalue weighted by molar-refractivity contribution is 7.89. The van der Waals surface area contributed by atoms with Crippen LogP contribution in [0.5, 0.6) is 5.75 Å². The molecule has 2 aromatic rings. The van der Waals surface area contributed by atoms with Crippen LogP contribution in [0.2, 0.25) is 5.02 Å². The van der Waals surface area contributed by atoms with Gasteiger partial charge in [-0.1, -0.05) is 11.6 Å². The number of amides is 1. The summed E-state index contributed by atoms with van der Waals surface area (Å²) in [6.07, 6.45) is 0. The molecule has 0 saturated carbocycles. The Morgan fingerprint density at radius 2 is 1.68 bits per heavy atom. The second kappa shape index (κ2) is 10.4. The Hall–Kier alpha value is -2.20. The molecule has 0 spiro atoms. The van der Waals surface area contributed by atoms with Gasteiger partial charge in [0.1, 0.15) is 18.2 Å². The van der Waals surface area contributed by atoms with Crippen molar-refractivity contribution < 1.29 is 22.3 Å². The van der Waals surface area contributed by atoms with Gasteiger partial charge < -0.3 is 9.64 Å².